The molecular formula is C14H13F3N2O2. The van der Waals surface area contributed by atoms with E-state index in [1.54, 1.807) is 4.90 Å². The summed E-state index contributed by atoms with van der Waals surface area (Å²) in [5.74, 6) is -0.975. The standard InChI is InChI=1S/C14H13F3N2O2/c15-14(16,17)12-6-11(4-3-9(12)8-18)19-5-1-2-10(19)7-13(20)21/h3-4,6,10H,1-2,5,7H2,(H,20,21). The van der Waals surface area contributed by atoms with Gasteiger partial charge in [0.2, 0.25) is 0 Å². The van der Waals surface area contributed by atoms with E-state index in [9.17, 15) is 18.0 Å². The van der Waals surface area contributed by atoms with Crippen LogP contribution in [0.3, 0.4) is 0 Å². The number of aliphatic carboxylic acids is 1. The second kappa shape index (κ2) is 5.64. The molecule has 21 heavy (non-hydrogen) atoms. The number of anilines is 1. The SMILES string of the molecule is N#Cc1ccc(N2CCCC2CC(=O)O)cc1C(F)(F)F. The molecule has 1 saturated heterocycles. The summed E-state index contributed by atoms with van der Waals surface area (Å²) in [5, 5.41) is 17.6. The van der Waals surface area contributed by atoms with Crippen LogP contribution in [-0.4, -0.2) is 23.7 Å². The van der Waals surface area contributed by atoms with Crippen LogP contribution in [0.1, 0.15) is 30.4 Å². The molecule has 0 amide bonds. The minimum atomic E-state index is -4.61. The lowest BCUT2D eigenvalue weighted by atomic mass is 10.1. The molecule has 1 N–H and O–H groups in total. The fourth-order valence-electron chi connectivity index (χ4n) is 2.63. The van der Waals surface area contributed by atoms with Crippen molar-refractivity contribution >= 4 is 11.7 Å². The molecule has 112 valence electrons. The molecule has 0 saturated carbocycles. The monoisotopic (exact) mass is 298 g/mol. The molecule has 1 aliphatic heterocycles. The third-order valence-electron chi connectivity index (χ3n) is 3.55. The van der Waals surface area contributed by atoms with Gasteiger partial charge in [-0.2, -0.15) is 18.4 Å². The number of rotatable bonds is 3. The normalized spacial score (nSPS) is 18.6. The highest BCUT2D eigenvalue weighted by Crippen LogP contribution is 2.36. The molecule has 0 bridgehead atoms. The summed E-state index contributed by atoms with van der Waals surface area (Å²) in [7, 11) is 0. The van der Waals surface area contributed by atoms with Crippen molar-refractivity contribution in [3.8, 4) is 6.07 Å². The van der Waals surface area contributed by atoms with Crippen LogP contribution in [0.5, 0.6) is 0 Å². The molecule has 4 nitrogen and oxygen atoms in total. The highest BCUT2D eigenvalue weighted by molar-refractivity contribution is 5.69. The number of hydrogen-bond acceptors (Lipinski definition) is 3. The second-order valence-electron chi connectivity index (χ2n) is 4.93. The predicted octanol–water partition coefficient (Wildman–Crippen LogP) is 3.02. The maximum absolute atomic E-state index is 12.9. The number of halogens is 3. The number of alkyl halides is 3. The lowest BCUT2D eigenvalue weighted by Gasteiger charge is -2.26. The third kappa shape index (κ3) is 3.27. The Bertz CT molecular complexity index is 593. The van der Waals surface area contributed by atoms with Gasteiger partial charge in [0.1, 0.15) is 0 Å². The Morgan fingerprint density at radius 2 is 2.19 bits per heavy atom. The van der Waals surface area contributed by atoms with Gasteiger partial charge in [-0.25, -0.2) is 0 Å². The molecule has 1 aliphatic rings. The molecule has 1 heterocycles. The zero-order valence-corrected chi connectivity index (χ0v) is 11.0. The molecule has 1 unspecified atom stereocenters. The average Bonchev–Trinajstić information content (AvgIpc) is 2.84. The fourth-order valence-corrected chi connectivity index (χ4v) is 2.63. The van der Waals surface area contributed by atoms with Gasteiger partial charge in [-0.1, -0.05) is 0 Å². The van der Waals surface area contributed by atoms with Gasteiger partial charge in [0.25, 0.3) is 0 Å². The van der Waals surface area contributed by atoms with Crippen molar-refractivity contribution in [2.45, 2.75) is 31.5 Å². The molecular weight excluding hydrogens is 285 g/mol. The van der Waals surface area contributed by atoms with E-state index in [0.717, 1.165) is 18.6 Å². The lowest BCUT2D eigenvalue weighted by molar-refractivity contribution is -0.138. The molecule has 0 aromatic heterocycles. The first-order chi connectivity index (χ1) is 9.82. The van der Waals surface area contributed by atoms with E-state index >= 15 is 0 Å². The zero-order chi connectivity index (χ0) is 15.6. The van der Waals surface area contributed by atoms with Gasteiger partial charge in [0, 0.05) is 18.3 Å². The van der Waals surface area contributed by atoms with E-state index in [-0.39, 0.29) is 12.5 Å². The Labute approximate surface area is 119 Å². The largest absolute Gasteiger partial charge is 0.481 e. The van der Waals surface area contributed by atoms with Crippen molar-refractivity contribution < 1.29 is 23.1 Å². The molecule has 1 fully saturated rings. The van der Waals surface area contributed by atoms with Crippen molar-refractivity contribution in [3.63, 3.8) is 0 Å². The molecule has 0 spiro atoms. The molecule has 1 aromatic rings. The third-order valence-corrected chi connectivity index (χ3v) is 3.55. The summed E-state index contributed by atoms with van der Waals surface area (Å²) in [6, 6.07) is 4.72. The van der Waals surface area contributed by atoms with Crippen LogP contribution in [0.25, 0.3) is 0 Å². The maximum Gasteiger partial charge on any atom is 0.417 e. The van der Waals surface area contributed by atoms with Gasteiger partial charge >= 0.3 is 12.1 Å². The Morgan fingerprint density at radius 1 is 1.48 bits per heavy atom. The maximum atomic E-state index is 12.9. The summed E-state index contributed by atoms with van der Waals surface area (Å²) < 4.78 is 38.8. The number of carboxylic acids is 1. The van der Waals surface area contributed by atoms with E-state index in [1.165, 1.54) is 12.1 Å². The van der Waals surface area contributed by atoms with E-state index in [1.807, 2.05) is 0 Å². The number of carboxylic acid groups (broad SMARTS) is 1. The number of nitrogens with zero attached hydrogens (tertiary/aromatic N) is 2. The van der Waals surface area contributed by atoms with Crippen LogP contribution in [0.15, 0.2) is 18.2 Å². The number of hydrogen-bond donors (Lipinski definition) is 1. The summed E-state index contributed by atoms with van der Waals surface area (Å²) in [6.45, 7) is 0.515. The molecule has 7 heteroatoms. The number of carbonyl (C=O) groups is 1. The first-order valence-corrected chi connectivity index (χ1v) is 6.42. The van der Waals surface area contributed by atoms with Crippen molar-refractivity contribution in [1.82, 2.24) is 0 Å². The lowest BCUT2D eigenvalue weighted by Crippen LogP contribution is -2.31. The Hall–Kier alpha value is -2.23. The van der Waals surface area contributed by atoms with Crippen LogP contribution < -0.4 is 4.90 Å². The first-order valence-electron chi connectivity index (χ1n) is 6.42. The van der Waals surface area contributed by atoms with Gasteiger partial charge in [-0.15, -0.1) is 0 Å². The van der Waals surface area contributed by atoms with Crippen LogP contribution in [-0.2, 0) is 11.0 Å². The van der Waals surface area contributed by atoms with Gasteiger partial charge in [-0.3, -0.25) is 4.79 Å². The topological polar surface area (TPSA) is 64.3 Å². The van der Waals surface area contributed by atoms with E-state index in [0.29, 0.717) is 18.7 Å². The van der Waals surface area contributed by atoms with Crippen LogP contribution >= 0.6 is 0 Å². The van der Waals surface area contributed by atoms with Crippen LogP contribution in [0.4, 0.5) is 18.9 Å². The Balaban J connectivity index is 2.36. The summed E-state index contributed by atoms with van der Waals surface area (Å²) in [5.41, 5.74) is -1.10. The molecule has 1 atom stereocenters. The van der Waals surface area contributed by atoms with Crippen LogP contribution in [0.2, 0.25) is 0 Å². The number of benzene rings is 1. The second-order valence-corrected chi connectivity index (χ2v) is 4.93. The van der Waals surface area contributed by atoms with Crippen molar-refractivity contribution in [3.05, 3.63) is 29.3 Å². The Kier molecular flexibility index (Phi) is 4.07. The van der Waals surface area contributed by atoms with Gasteiger partial charge in [0.15, 0.2) is 0 Å². The fraction of sp³-hybridized carbons (Fsp3) is 0.429. The molecule has 0 radical (unpaired) electrons. The number of nitriles is 1. The van der Waals surface area contributed by atoms with Crippen molar-refractivity contribution in [2.24, 2.45) is 0 Å². The molecule has 1 aromatic carbocycles. The van der Waals surface area contributed by atoms with Crippen LogP contribution in [0, 0.1) is 11.3 Å². The van der Waals surface area contributed by atoms with Crippen molar-refractivity contribution in [1.29, 1.82) is 5.26 Å². The molecule has 0 aliphatic carbocycles. The highest BCUT2D eigenvalue weighted by atomic mass is 19.4. The van der Waals surface area contributed by atoms with Gasteiger partial charge in [-0.05, 0) is 31.0 Å². The van der Waals surface area contributed by atoms with E-state index < -0.39 is 23.3 Å². The first kappa shape index (κ1) is 15.2. The average molecular weight is 298 g/mol. The van der Waals surface area contributed by atoms with E-state index in [4.69, 9.17) is 10.4 Å². The summed E-state index contributed by atoms with van der Waals surface area (Å²) in [6.07, 6.45) is -3.35. The smallest absolute Gasteiger partial charge is 0.417 e. The minimum absolute atomic E-state index is 0.110. The minimum Gasteiger partial charge on any atom is -0.481 e. The highest BCUT2D eigenvalue weighted by Gasteiger charge is 2.35. The van der Waals surface area contributed by atoms with E-state index in [2.05, 4.69) is 0 Å². The molecule has 2 rings (SSSR count). The Morgan fingerprint density at radius 3 is 2.76 bits per heavy atom. The quantitative estimate of drug-likeness (QED) is 0.931. The van der Waals surface area contributed by atoms with Gasteiger partial charge in [0.05, 0.1) is 23.6 Å². The zero-order valence-electron chi connectivity index (χ0n) is 11.0. The van der Waals surface area contributed by atoms with Crippen molar-refractivity contribution in [2.75, 3.05) is 11.4 Å². The summed E-state index contributed by atoms with van der Waals surface area (Å²) >= 11 is 0. The summed E-state index contributed by atoms with van der Waals surface area (Å²) in [4.78, 5) is 12.5. The predicted molar refractivity (Wildman–Crippen MR) is 68.8 cm³/mol. The van der Waals surface area contributed by atoms with Gasteiger partial charge < -0.3 is 10.0 Å².